The van der Waals surface area contributed by atoms with Crippen LogP contribution in [0.1, 0.15) is 24.2 Å². The SMILES string of the molecule is CC(C)Cn1cc(C(=O)N2C[C@@H](C(F)(F)F)[C@H](C(=O)O)C2)cn1. The van der Waals surface area contributed by atoms with Crippen molar-refractivity contribution in [3.8, 4) is 0 Å². The van der Waals surface area contributed by atoms with Gasteiger partial charge < -0.3 is 10.0 Å². The zero-order chi connectivity index (χ0) is 17.4. The Balaban J connectivity index is 2.14. The number of rotatable bonds is 4. The summed E-state index contributed by atoms with van der Waals surface area (Å²) in [5.74, 6) is -5.55. The number of halogens is 3. The standard InChI is InChI=1S/C14H18F3N3O3/c1-8(2)4-20-5-9(3-18-20)12(21)19-6-10(13(22)23)11(7-19)14(15,16)17/h3,5,8,10-11H,4,6-7H2,1-2H3,(H,22,23)/t10-,11-/m1/s1. The van der Waals surface area contributed by atoms with Gasteiger partial charge in [0.2, 0.25) is 0 Å². The van der Waals surface area contributed by atoms with E-state index in [1.807, 2.05) is 13.8 Å². The lowest BCUT2D eigenvalue weighted by Gasteiger charge is -2.18. The van der Waals surface area contributed by atoms with E-state index in [-0.39, 0.29) is 5.56 Å². The van der Waals surface area contributed by atoms with E-state index >= 15 is 0 Å². The normalized spacial score (nSPS) is 21.9. The molecule has 1 amide bonds. The molecule has 0 spiro atoms. The molecule has 0 saturated carbocycles. The van der Waals surface area contributed by atoms with E-state index in [4.69, 9.17) is 5.11 Å². The van der Waals surface area contributed by atoms with Crippen LogP contribution in [0.2, 0.25) is 0 Å². The third-order valence-electron chi connectivity index (χ3n) is 3.78. The monoisotopic (exact) mass is 333 g/mol. The van der Waals surface area contributed by atoms with Crippen molar-refractivity contribution in [3.63, 3.8) is 0 Å². The lowest BCUT2D eigenvalue weighted by molar-refractivity contribution is -0.187. The third-order valence-corrected chi connectivity index (χ3v) is 3.78. The van der Waals surface area contributed by atoms with Crippen LogP contribution in [0.25, 0.3) is 0 Å². The van der Waals surface area contributed by atoms with E-state index < -0.39 is 43.0 Å². The number of likely N-dealkylation sites (tertiary alicyclic amines) is 1. The fourth-order valence-corrected chi connectivity index (χ4v) is 2.68. The van der Waals surface area contributed by atoms with Gasteiger partial charge in [-0.25, -0.2) is 0 Å². The molecule has 2 atom stereocenters. The Morgan fingerprint density at radius 1 is 1.39 bits per heavy atom. The molecule has 1 aromatic rings. The van der Waals surface area contributed by atoms with Crippen molar-refractivity contribution in [2.45, 2.75) is 26.6 Å². The number of carbonyl (C=O) groups is 2. The second kappa shape index (κ2) is 6.21. The smallest absolute Gasteiger partial charge is 0.394 e. The molecular formula is C14H18F3N3O3. The number of carbonyl (C=O) groups excluding carboxylic acids is 1. The van der Waals surface area contributed by atoms with Gasteiger partial charge in [0, 0.05) is 25.8 Å². The highest BCUT2D eigenvalue weighted by Gasteiger charge is 2.53. The highest BCUT2D eigenvalue weighted by atomic mass is 19.4. The molecule has 1 fully saturated rings. The molecule has 9 heteroatoms. The summed E-state index contributed by atoms with van der Waals surface area (Å²) < 4.78 is 40.4. The Morgan fingerprint density at radius 2 is 2.04 bits per heavy atom. The number of alkyl halides is 3. The Bertz CT molecular complexity index is 598. The Hall–Kier alpha value is -2.06. The van der Waals surface area contributed by atoms with Gasteiger partial charge in [-0.2, -0.15) is 18.3 Å². The van der Waals surface area contributed by atoms with Crippen molar-refractivity contribution in [1.29, 1.82) is 0 Å². The summed E-state index contributed by atoms with van der Waals surface area (Å²) in [5, 5.41) is 13.0. The van der Waals surface area contributed by atoms with E-state index in [0.717, 1.165) is 4.90 Å². The van der Waals surface area contributed by atoms with Crippen LogP contribution in [-0.2, 0) is 11.3 Å². The average Bonchev–Trinajstić information content (AvgIpc) is 3.02. The molecular weight excluding hydrogens is 315 g/mol. The molecule has 1 aromatic heterocycles. The van der Waals surface area contributed by atoms with Gasteiger partial charge in [0.05, 0.1) is 23.6 Å². The molecule has 1 N–H and O–H groups in total. The van der Waals surface area contributed by atoms with Crippen LogP contribution in [0, 0.1) is 17.8 Å². The molecule has 1 aliphatic heterocycles. The van der Waals surface area contributed by atoms with Crippen molar-refractivity contribution in [3.05, 3.63) is 18.0 Å². The van der Waals surface area contributed by atoms with Crippen LogP contribution in [-0.4, -0.2) is 50.9 Å². The lowest BCUT2D eigenvalue weighted by Crippen LogP contribution is -2.34. The highest BCUT2D eigenvalue weighted by molar-refractivity contribution is 5.94. The van der Waals surface area contributed by atoms with Crippen molar-refractivity contribution >= 4 is 11.9 Å². The number of hydrogen-bond donors (Lipinski definition) is 1. The molecule has 0 bridgehead atoms. The number of carboxylic acid groups (broad SMARTS) is 1. The van der Waals surface area contributed by atoms with Crippen LogP contribution >= 0.6 is 0 Å². The fourth-order valence-electron chi connectivity index (χ4n) is 2.68. The first kappa shape index (κ1) is 17.3. The van der Waals surface area contributed by atoms with Gasteiger partial charge >= 0.3 is 12.1 Å². The number of aromatic nitrogens is 2. The Labute approximate surface area is 130 Å². The highest BCUT2D eigenvalue weighted by Crippen LogP contribution is 2.38. The van der Waals surface area contributed by atoms with E-state index in [9.17, 15) is 22.8 Å². The molecule has 2 rings (SSSR count). The second-order valence-corrected chi connectivity index (χ2v) is 6.15. The summed E-state index contributed by atoms with van der Waals surface area (Å²) in [6.07, 6.45) is -1.89. The predicted octanol–water partition coefficient (Wildman–Crippen LogP) is 1.87. The topological polar surface area (TPSA) is 75.4 Å². The summed E-state index contributed by atoms with van der Waals surface area (Å²) >= 11 is 0. The minimum Gasteiger partial charge on any atom is -0.481 e. The third kappa shape index (κ3) is 3.83. The molecule has 0 aromatic carbocycles. The first-order valence-electron chi connectivity index (χ1n) is 7.20. The molecule has 6 nitrogen and oxygen atoms in total. The van der Waals surface area contributed by atoms with Gasteiger partial charge in [-0.05, 0) is 5.92 Å². The molecule has 0 radical (unpaired) electrons. The van der Waals surface area contributed by atoms with Gasteiger partial charge in [0.25, 0.3) is 5.91 Å². The number of hydrogen-bond acceptors (Lipinski definition) is 3. The van der Waals surface area contributed by atoms with Crippen molar-refractivity contribution in [2.24, 2.45) is 17.8 Å². The Morgan fingerprint density at radius 3 is 2.52 bits per heavy atom. The molecule has 23 heavy (non-hydrogen) atoms. The van der Waals surface area contributed by atoms with Crippen molar-refractivity contribution in [1.82, 2.24) is 14.7 Å². The molecule has 0 aliphatic carbocycles. The lowest BCUT2D eigenvalue weighted by atomic mass is 9.96. The minimum atomic E-state index is -4.65. The van der Waals surface area contributed by atoms with E-state index in [2.05, 4.69) is 5.10 Å². The van der Waals surface area contributed by atoms with Gasteiger partial charge in [-0.1, -0.05) is 13.8 Å². The van der Waals surface area contributed by atoms with Crippen LogP contribution in [0.15, 0.2) is 12.4 Å². The van der Waals surface area contributed by atoms with E-state index in [1.165, 1.54) is 12.4 Å². The van der Waals surface area contributed by atoms with Crippen molar-refractivity contribution < 1.29 is 27.9 Å². The zero-order valence-corrected chi connectivity index (χ0v) is 12.7. The van der Waals surface area contributed by atoms with Crippen LogP contribution < -0.4 is 0 Å². The number of aliphatic carboxylic acids is 1. The summed E-state index contributed by atoms with van der Waals surface area (Å²) in [6, 6.07) is 0. The predicted molar refractivity (Wildman–Crippen MR) is 73.6 cm³/mol. The number of carboxylic acids is 1. The maximum atomic E-state index is 12.9. The first-order valence-corrected chi connectivity index (χ1v) is 7.20. The number of nitrogens with zero attached hydrogens (tertiary/aromatic N) is 3. The van der Waals surface area contributed by atoms with Crippen LogP contribution in [0.3, 0.4) is 0 Å². The van der Waals surface area contributed by atoms with E-state index in [0.29, 0.717) is 12.5 Å². The zero-order valence-electron chi connectivity index (χ0n) is 12.7. The van der Waals surface area contributed by atoms with Gasteiger partial charge in [0.15, 0.2) is 0 Å². The van der Waals surface area contributed by atoms with Gasteiger partial charge in [-0.15, -0.1) is 0 Å². The molecule has 2 heterocycles. The van der Waals surface area contributed by atoms with Crippen LogP contribution in [0.5, 0.6) is 0 Å². The average molecular weight is 333 g/mol. The summed E-state index contributed by atoms with van der Waals surface area (Å²) in [5.41, 5.74) is 0.164. The summed E-state index contributed by atoms with van der Waals surface area (Å²) in [6.45, 7) is 3.42. The van der Waals surface area contributed by atoms with Crippen LogP contribution in [0.4, 0.5) is 13.2 Å². The maximum Gasteiger partial charge on any atom is 0.394 e. The summed E-state index contributed by atoms with van der Waals surface area (Å²) in [7, 11) is 0. The molecule has 1 aliphatic rings. The summed E-state index contributed by atoms with van der Waals surface area (Å²) in [4.78, 5) is 24.3. The Kier molecular flexibility index (Phi) is 4.67. The minimum absolute atomic E-state index is 0.164. The maximum absolute atomic E-state index is 12.9. The van der Waals surface area contributed by atoms with Crippen molar-refractivity contribution in [2.75, 3.05) is 13.1 Å². The molecule has 0 unspecified atom stereocenters. The molecule has 128 valence electrons. The second-order valence-electron chi connectivity index (χ2n) is 6.15. The van der Waals surface area contributed by atoms with Gasteiger partial charge in [-0.3, -0.25) is 14.3 Å². The quantitative estimate of drug-likeness (QED) is 0.913. The number of amides is 1. The molecule has 1 saturated heterocycles. The fraction of sp³-hybridized carbons (Fsp3) is 0.643. The van der Waals surface area contributed by atoms with Gasteiger partial charge in [0.1, 0.15) is 0 Å². The first-order chi connectivity index (χ1) is 10.6. The largest absolute Gasteiger partial charge is 0.481 e. The van der Waals surface area contributed by atoms with E-state index in [1.54, 1.807) is 4.68 Å².